The Kier molecular flexibility index (Phi) is 3.98. The quantitative estimate of drug-likeness (QED) is 0.532. The van der Waals surface area contributed by atoms with Gasteiger partial charge in [0.15, 0.2) is 0 Å². The molecule has 0 radical (unpaired) electrons. The highest BCUT2D eigenvalue weighted by molar-refractivity contribution is 9.10. The molecule has 4 rings (SSSR count). The summed E-state index contributed by atoms with van der Waals surface area (Å²) in [5.41, 5.74) is 6.07. The van der Waals surface area contributed by atoms with E-state index in [2.05, 4.69) is 69.8 Å². The third-order valence-electron chi connectivity index (χ3n) is 4.94. The second kappa shape index (κ2) is 6.12. The maximum absolute atomic E-state index is 5.01. The Balaban J connectivity index is 1.96. The summed E-state index contributed by atoms with van der Waals surface area (Å²) in [6.07, 6.45) is 8.79. The molecule has 0 amide bonds. The van der Waals surface area contributed by atoms with Crippen molar-refractivity contribution in [3.8, 4) is 11.3 Å². The zero-order valence-electron chi connectivity index (χ0n) is 13.4. The highest BCUT2D eigenvalue weighted by Crippen LogP contribution is 2.40. The van der Waals surface area contributed by atoms with Crippen LogP contribution in [-0.4, -0.2) is 9.38 Å². The average molecular weight is 369 g/mol. The van der Waals surface area contributed by atoms with Crippen LogP contribution < -0.4 is 0 Å². The molecule has 0 spiro atoms. The van der Waals surface area contributed by atoms with Crippen molar-refractivity contribution in [1.82, 2.24) is 9.38 Å². The summed E-state index contributed by atoms with van der Waals surface area (Å²) in [5, 5.41) is 0. The maximum Gasteiger partial charge on any atom is 0.137 e. The molecule has 0 bridgehead atoms. The largest absolute Gasteiger partial charge is 0.303 e. The van der Waals surface area contributed by atoms with Crippen LogP contribution in [0.15, 0.2) is 47.1 Å². The Hall–Kier alpha value is -1.61. The first kappa shape index (κ1) is 14.9. The van der Waals surface area contributed by atoms with E-state index >= 15 is 0 Å². The lowest BCUT2D eigenvalue weighted by atomic mass is 9.85. The van der Waals surface area contributed by atoms with Crippen molar-refractivity contribution in [2.24, 2.45) is 0 Å². The smallest absolute Gasteiger partial charge is 0.137 e. The second-order valence-electron chi connectivity index (χ2n) is 6.59. The molecular weight excluding hydrogens is 348 g/mol. The van der Waals surface area contributed by atoms with Crippen LogP contribution in [0.25, 0.3) is 16.9 Å². The zero-order chi connectivity index (χ0) is 15.8. The standard InChI is InChI=1S/C20H21BrN2/c1-14-11-12-23-18(13-14)22-19(16-9-5-6-10-17(16)21)20(23)15-7-3-2-4-8-15/h5-6,9-13,15H,2-4,7-8H2,1H3. The highest BCUT2D eigenvalue weighted by atomic mass is 79.9. The van der Waals surface area contributed by atoms with Gasteiger partial charge in [-0.1, -0.05) is 53.4 Å². The van der Waals surface area contributed by atoms with Crippen LogP contribution in [-0.2, 0) is 0 Å². The Labute approximate surface area is 145 Å². The molecule has 0 atom stereocenters. The number of hydrogen-bond acceptors (Lipinski definition) is 1. The highest BCUT2D eigenvalue weighted by Gasteiger charge is 2.25. The zero-order valence-corrected chi connectivity index (χ0v) is 15.0. The number of halogens is 1. The van der Waals surface area contributed by atoms with Crippen molar-refractivity contribution in [1.29, 1.82) is 0 Å². The molecule has 3 heteroatoms. The molecular formula is C20H21BrN2. The number of pyridine rings is 1. The molecule has 1 aliphatic rings. The van der Waals surface area contributed by atoms with E-state index in [4.69, 9.17) is 4.98 Å². The number of hydrogen-bond donors (Lipinski definition) is 0. The summed E-state index contributed by atoms with van der Waals surface area (Å²) in [6, 6.07) is 12.8. The molecule has 0 N–H and O–H groups in total. The van der Waals surface area contributed by atoms with Gasteiger partial charge in [-0.05, 0) is 43.5 Å². The SMILES string of the molecule is Cc1ccn2c(C3CCCCC3)c(-c3ccccc3Br)nc2c1. The minimum absolute atomic E-state index is 0.614. The van der Waals surface area contributed by atoms with E-state index in [0.29, 0.717) is 5.92 Å². The van der Waals surface area contributed by atoms with E-state index < -0.39 is 0 Å². The van der Waals surface area contributed by atoms with Gasteiger partial charge in [0.25, 0.3) is 0 Å². The number of imidazole rings is 1. The molecule has 2 aromatic heterocycles. The summed E-state index contributed by atoms with van der Waals surface area (Å²) in [6.45, 7) is 2.13. The van der Waals surface area contributed by atoms with Gasteiger partial charge in [-0.3, -0.25) is 0 Å². The van der Waals surface area contributed by atoms with Gasteiger partial charge in [-0.15, -0.1) is 0 Å². The van der Waals surface area contributed by atoms with E-state index in [1.165, 1.54) is 48.9 Å². The van der Waals surface area contributed by atoms with E-state index in [9.17, 15) is 0 Å². The lowest BCUT2D eigenvalue weighted by molar-refractivity contribution is 0.436. The number of aryl methyl sites for hydroxylation is 1. The molecule has 23 heavy (non-hydrogen) atoms. The van der Waals surface area contributed by atoms with Gasteiger partial charge in [0.2, 0.25) is 0 Å². The topological polar surface area (TPSA) is 17.3 Å². The summed E-state index contributed by atoms with van der Waals surface area (Å²) in [7, 11) is 0. The summed E-state index contributed by atoms with van der Waals surface area (Å²) >= 11 is 3.71. The first-order valence-corrected chi connectivity index (χ1v) is 9.27. The minimum atomic E-state index is 0.614. The molecule has 1 aliphatic carbocycles. The van der Waals surface area contributed by atoms with Crippen molar-refractivity contribution in [2.75, 3.05) is 0 Å². The lowest BCUT2D eigenvalue weighted by Gasteiger charge is -2.23. The average Bonchev–Trinajstić information content (AvgIpc) is 2.94. The van der Waals surface area contributed by atoms with Gasteiger partial charge in [0.1, 0.15) is 5.65 Å². The van der Waals surface area contributed by atoms with Crippen LogP contribution in [0.1, 0.15) is 49.3 Å². The third kappa shape index (κ3) is 2.72. The van der Waals surface area contributed by atoms with Crippen molar-refractivity contribution in [3.05, 3.63) is 58.3 Å². The molecule has 0 saturated heterocycles. The molecule has 0 aliphatic heterocycles. The lowest BCUT2D eigenvalue weighted by Crippen LogP contribution is -2.08. The molecule has 2 nitrogen and oxygen atoms in total. The molecule has 1 fully saturated rings. The molecule has 1 aromatic carbocycles. The molecule has 118 valence electrons. The normalized spacial score (nSPS) is 16.1. The van der Waals surface area contributed by atoms with Crippen molar-refractivity contribution >= 4 is 21.6 Å². The fourth-order valence-electron chi connectivity index (χ4n) is 3.78. The van der Waals surface area contributed by atoms with Crippen LogP contribution in [0.5, 0.6) is 0 Å². The Morgan fingerprint density at radius 2 is 1.87 bits per heavy atom. The van der Waals surface area contributed by atoms with Crippen LogP contribution in [0.4, 0.5) is 0 Å². The van der Waals surface area contributed by atoms with Gasteiger partial charge in [-0.2, -0.15) is 0 Å². The van der Waals surface area contributed by atoms with Crippen molar-refractivity contribution in [3.63, 3.8) is 0 Å². The van der Waals surface area contributed by atoms with Crippen molar-refractivity contribution in [2.45, 2.75) is 44.9 Å². The predicted octanol–water partition coefficient (Wildman–Crippen LogP) is 6.12. The molecule has 2 heterocycles. The van der Waals surface area contributed by atoms with Crippen LogP contribution in [0.2, 0.25) is 0 Å². The number of aromatic nitrogens is 2. The summed E-state index contributed by atoms with van der Waals surface area (Å²) in [5.74, 6) is 0.614. The summed E-state index contributed by atoms with van der Waals surface area (Å²) in [4.78, 5) is 5.01. The second-order valence-corrected chi connectivity index (χ2v) is 7.45. The monoisotopic (exact) mass is 368 g/mol. The molecule has 3 aromatic rings. The maximum atomic E-state index is 5.01. The van der Waals surface area contributed by atoms with Gasteiger partial charge < -0.3 is 4.40 Å². The van der Waals surface area contributed by atoms with E-state index in [-0.39, 0.29) is 0 Å². The predicted molar refractivity (Wildman–Crippen MR) is 98.9 cm³/mol. The minimum Gasteiger partial charge on any atom is -0.303 e. The van der Waals surface area contributed by atoms with Gasteiger partial charge >= 0.3 is 0 Å². The number of benzene rings is 1. The molecule has 0 unspecified atom stereocenters. The summed E-state index contributed by atoms with van der Waals surface area (Å²) < 4.78 is 3.44. The Morgan fingerprint density at radius 3 is 2.65 bits per heavy atom. The van der Waals surface area contributed by atoms with Gasteiger partial charge in [-0.25, -0.2) is 4.98 Å². The van der Waals surface area contributed by atoms with E-state index in [1.54, 1.807) is 0 Å². The third-order valence-corrected chi connectivity index (χ3v) is 5.63. The Bertz CT molecular complexity index is 844. The Morgan fingerprint density at radius 1 is 1.09 bits per heavy atom. The first-order valence-electron chi connectivity index (χ1n) is 8.47. The van der Waals surface area contributed by atoms with Gasteiger partial charge in [0, 0.05) is 22.2 Å². The number of rotatable bonds is 2. The number of fused-ring (bicyclic) bond motifs is 1. The van der Waals surface area contributed by atoms with Crippen LogP contribution in [0, 0.1) is 6.92 Å². The van der Waals surface area contributed by atoms with Crippen molar-refractivity contribution < 1.29 is 0 Å². The fraction of sp³-hybridized carbons (Fsp3) is 0.350. The first-order chi connectivity index (χ1) is 11.2. The van der Waals surface area contributed by atoms with Crippen LogP contribution in [0.3, 0.4) is 0 Å². The van der Waals surface area contributed by atoms with E-state index in [0.717, 1.165) is 15.8 Å². The van der Waals surface area contributed by atoms with Gasteiger partial charge in [0.05, 0.1) is 11.4 Å². The van der Waals surface area contributed by atoms with Crippen LogP contribution >= 0.6 is 15.9 Å². The van der Waals surface area contributed by atoms with E-state index in [1.807, 2.05) is 0 Å². The fourth-order valence-corrected chi connectivity index (χ4v) is 4.26. The molecule has 1 saturated carbocycles. The number of nitrogens with zero attached hydrogens (tertiary/aromatic N) is 2.